The van der Waals surface area contributed by atoms with Crippen LogP contribution in [0, 0.1) is 0 Å². The van der Waals surface area contributed by atoms with Crippen LogP contribution in [-0.2, 0) is 25.7 Å². The van der Waals surface area contributed by atoms with Crippen molar-refractivity contribution in [3.63, 3.8) is 0 Å². The number of ether oxygens (including phenoxy) is 1. The molecule has 6 nitrogen and oxygen atoms in total. The minimum atomic E-state index is -0.639. The van der Waals surface area contributed by atoms with Crippen molar-refractivity contribution in [3.05, 3.63) is 82.9 Å². The lowest BCUT2D eigenvalue weighted by atomic mass is 10.1. The molecule has 0 unspecified atom stereocenters. The maximum Gasteiger partial charge on any atom is 0.306 e. The summed E-state index contributed by atoms with van der Waals surface area (Å²) in [5.74, 6) is -0.772. The van der Waals surface area contributed by atoms with Gasteiger partial charge in [-0.05, 0) is 36.1 Å². The molecule has 1 aliphatic heterocycles. The lowest BCUT2D eigenvalue weighted by Crippen LogP contribution is -2.43. The normalized spacial score (nSPS) is 18.8. The van der Waals surface area contributed by atoms with Gasteiger partial charge in [0.1, 0.15) is 6.10 Å². The molecule has 0 spiro atoms. The molecule has 2 amide bonds. The molecule has 3 rings (SSSR count). The summed E-state index contributed by atoms with van der Waals surface area (Å²) in [4.78, 5) is 39.3. The molecule has 0 radical (unpaired) electrons. The molecule has 168 valence electrons. The third-order valence-electron chi connectivity index (χ3n) is 5.13. The van der Waals surface area contributed by atoms with Crippen LogP contribution in [0.25, 0.3) is 0 Å². The van der Waals surface area contributed by atoms with Crippen LogP contribution >= 0.6 is 11.6 Å². The number of carbonyl (C=O) groups is 3. The van der Waals surface area contributed by atoms with Gasteiger partial charge in [-0.2, -0.15) is 0 Å². The standard InChI is InChI=1S/C25H27ClN2O4/c26-21-14-12-19(13-15-21)16-27-23(29)18-28-17-22(20-8-4-3-5-9-20)32-25(31)11-7-2-1-6-10-24(28)30/h1-5,8-9,12-15,22H,6-7,10-11,16-18H2,(H,27,29)/b2-1+/t22-/m0/s1. The molecule has 0 bridgehead atoms. The third-order valence-corrected chi connectivity index (χ3v) is 5.38. The van der Waals surface area contributed by atoms with Gasteiger partial charge >= 0.3 is 5.97 Å². The number of esters is 1. The Labute approximate surface area is 193 Å². The maximum absolute atomic E-state index is 12.9. The SMILES string of the molecule is O=C(CN1C[C@@H](c2ccccc2)OC(=O)CC/C=C/CCC1=O)NCc1ccc(Cl)cc1. The fourth-order valence-electron chi connectivity index (χ4n) is 3.38. The summed E-state index contributed by atoms with van der Waals surface area (Å²) in [5.41, 5.74) is 1.69. The van der Waals surface area contributed by atoms with Gasteiger partial charge in [-0.15, -0.1) is 0 Å². The largest absolute Gasteiger partial charge is 0.456 e. The summed E-state index contributed by atoms with van der Waals surface area (Å²) in [6.45, 7) is 0.335. The van der Waals surface area contributed by atoms with Gasteiger partial charge in [0.05, 0.1) is 13.1 Å². The highest BCUT2D eigenvalue weighted by molar-refractivity contribution is 6.30. The van der Waals surface area contributed by atoms with Crippen molar-refractivity contribution >= 4 is 29.4 Å². The van der Waals surface area contributed by atoms with Crippen LogP contribution in [0.5, 0.6) is 0 Å². The molecular formula is C25H27ClN2O4. The maximum atomic E-state index is 12.9. The minimum Gasteiger partial charge on any atom is -0.456 e. The van der Waals surface area contributed by atoms with Crippen molar-refractivity contribution in [1.29, 1.82) is 0 Å². The van der Waals surface area contributed by atoms with Crippen LogP contribution in [0.1, 0.15) is 42.9 Å². The van der Waals surface area contributed by atoms with Gasteiger partial charge in [0.25, 0.3) is 0 Å². The molecule has 0 aromatic heterocycles. The zero-order valence-corrected chi connectivity index (χ0v) is 18.6. The van der Waals surface area contributed by atoms with Crippen LogP contribution in [-0.4, -0.2) is 35.8 Å². The van der Waals surface area contributed by atoms with E-state index in [2.05, 4.69) is 5.32 Å². The smallest absolute Gasteiger partial charge is 0.306 e. The Morgan fingerprint density at radius 2 is 1.69 bits per heavy atom. The number of nitrogens with zero attached hydrogens (tertiary/aromatic N) is 1. The monoisotopic (exact) mass is 454 g/mol. The van der Waals surface area contributed by atoms with Gasteiger partial charge in [0, 0.05) is 24.4 Å². The summed E-state index contributed by atoms with van der Waals surface area (Å²) >= 11 is 5.90. The molecule has 1 aliphatic rings. The topological polar surface area (TPSA) is 75.7 Å². The predicted molar refractivity (Wildman–Crippen MR) is 123 cm³/mol. The van der Waals surface area contributed by atoms with Crippen LogP contribution < -0.4 is 5.32 Å². The van der Waals surface area contributed by atoms with Crippen LogP contribution in [0.2, 0.25) is 5.02 Å². The van der Waals surface area contributed by atoms with Crippen molar-refractivity contribution in [1.82, 2.24) is 10.2 Å². The molecule has 2 aromatic rings. The van der Waals surface area contributed by atoms with Gasteiger partial charge in [-0.3, -0.25) is 14.4 Å². The average Bonchev–Trinajstić information content (AvgIpc) is 2.79. The number of rotatable bonds is 5. The number of nitrogens with one attached hydrogen (secondary N) is 1. The molecule has 0 fully saturated rings. The zero-order valence-electron chi connectivity index (χ0n) is 17.8. The van der Waals surface area contributed by atoms with Gasteiger partial charge < -0.3 is 15.0 Å². The van der Waals surface area contributed by atoms with E-state index in [-0.39, 0.29) is 43.7 Å². The van der Waals surface area contributed by atoms with E-state index in [1.54, 1.807) is 12.1 Å². The number of cyclic esters (lactones) is 1. The fourth-order valence-corrected chi connectivity index (χ4v) is 3.51. The van der Waals surface area contributed by atoms with Crippen molar-refractivity contribution in [3.8, 4) is 0 Å². The molecule has 7 heteroatoms. The first-order valence-electron chi connectivity index (χ1n) is 10.7. The van der Waals surface area contributed by atoms with E-state index in [0.29, 0.717) is 24.4 Å². The third kappa shape index (κ3) is 7.54. The molecule has 1 heterocycles. The van der Waals surface area contributed by atoms with E-state index >= 15 is 0 Å². The highest BCUT2D eigenvalue weighted by Crippen LogP contribution is 2.21. The van der Waals surface area contributed by atoms with Gasteiger partial charge in [-0.1, -0.05) is 66.2 Å². The molecular weight excluding hydrogens is 428 g/mol. The second kappa shape index (κ2) is 12.1. The Balaban J connectivity index is 1.72. The van der Waals surface area contributed by atoms with Gasteiger partial charge in [0.15, 0.2) is 0 Å². The van der Waals surface area contributed by atoms with E-state index in [4.69, 9.17) is 16.3 Å². The van der Waals surface area contributed by atoms with E-state index in [1.807, 2.05) is 54.6 Å². The van der Waals surface area contributed by atoms with Crippen LogP contribution in [0.4, 0.5) is 0 Å². The van der Waals surface area contributed by atoms with Gasteiger partial charge in [0.2, 0.25) is 11.8 Å². The predicted octanol–water partition coefficient (Wildman–Crippen LogP) is 4.20. The Kier molecular flexibility index (Phi) is 8.87. The number of allylic oxidation sites excluding steroid dienone is 2. The second-order valence-electron chi connectivity index (χ2n) is 7.62. The summed E-state index contributed by atoms with van der Waals surface area (Å²) in [6, 6.07) is 16.5. The first kappa shape index (κ1) is 23.5. The first-order valence-corrected chi connectivity index (χ1v) is 11.1. The Bertz CT molecular complexity index is 944. The molecule has 2 aromatic carbocycles. The van der Waals surface area contributed by atoms with E-state index < -0.39 is 6.10 Å². The number of hydrogen-bond donors (Lipinski definition) is 1. The highest BCUT2D eigenvalue weighted by atomic mass is 35.5. The molecule has 0 saturated heterocycles. The molecule has 32 heavy (non-hydrogen) atoms. The first-order chi connectivity index (χ1) is 15.5. The molecule has 0 saturated carbocycles. The van der Waals surface area contributed by atoms with Crippen molar-refractivity contribution in [2.24, 2.45) is 0 Å². The Morgan fingerprint density at radius 1 is 1.00 bits per heavy atom. The summed E-state index contributed by atoms with van der Waals surface area (Å²) in [5, 5.41) is 3.46. The fraction of sp³-hybridized carbons (Fsp3) is 0.320. The lowest BCUT2D eigenvalue weighted by molar-refractivity contribution is -0.153. The summed E-state index contributed by atoms with van der Waals surface area (Å²) in [7, 11) is 0. The van der Waals surface area contributed by atoms with Crippen LogP contribution in [0.3, 0.4) is 0 Å². The quantitative estimate of drug-likeness (QED) is 0.542. The minimum absolute atomic E-state index is 0.114. The number of benzene rings is 2. The number of carbonyl (C=O) groups excluding carboxylic acids is 3. The summed E-state index contributed by atoms with van der Waals surface area (Å²) < 4.78 is 5.70. The van der Waals surface area contributed by atoms with E-state index in [1.165, 1.54) is 4.90 Å². The average molecular weight is 455 g/mol. The number of halogens is 1. The van der Waals surface area contributed by atoms with E-state index in [9.17, 15) is 14.4 Å². The Hall–Kier alpha value is -3.12. The number of hydrogen-bond acceptors (Lipinski definition) is 4. The van der Waals surface area contributed by atoms with Crippen molar-refractivity contribution < 1.29 is 19.1 Å². The molecule has 0 aliphatic carbocycles. The lowest BCUT2D eigenvalue weighted by Gasteiger charge is -2.28. The van der Waals surface area contributed by atoms with Gasteiger partial charge in [-0.25, -0.2) is 0 Å². The van der Waals surface area contributed by atoms with Crippen molar-refractivity contribution in [2.75, 3.05) is 13.1 Å². The Morgan fingerprint density at radius 3 is 2.41 bits per heavy atom. The molecule has 1 atom stereocenters. The summed E-state index contributed by atoms with van der Waals surface area (Å²) in [6.07, 6.45) is 4.83. The number of amides is 2. The van der Waals surface area contributed by atoms with Crippen molar-refractivity contribution in [2.45, 2.75) is 38.3 Å². The highest BCUT2D eigenvalue weighted by Gasteiger charge is 2.25. The molecule has 1 N–H and O–H groups in total. The van der Waals surface area contributed by atoms with Crippen LogP contribution in [0.15, 0.2) is 66.7 Å². The second-order valence-corrected chi connectivity index (χ2v) is 8.05. The zero-order chi connectivity index (χ0) is 22.8. The van der Waals surface area contributed by atoms with E-state index in [0.717, 1.165) is 11.1 Å².